The van der Waals surface area contributed by atoms with E-state index in [9.17, 15) is 4.79 Å². The molecule has 6 heteroatoms. The van der Waals surface area contributed by atoms with Crippen LogP contribution in [0.1, 0.15) is 34.5 Å². The Morgan fingerprint density at radius 3 is 2.76 bits per heavy atom. The number of oxime groups is 1. The van der Waals surface area contributed by atoms with Crippen molar-refractivity contribution in [3.05, 3.63) is 65.5 Å². The Hall–Kier alpha value is -2.89. The van der Waals surface area contributed by atoms with Crippen molar-refractivity contribution in [3.63, 3.8) is 0 Å². The van der Waals surface area contributed by atoms with E-state index in [1.165, 1.54) is 0 Å². The minimum absolute atomic E-state index is 0.0371. The van der Waals surface area contributed by atoms with Gasteiger partial charge >= 0.3 is 0 Å². The van der Waals surface area contributed by atoms with Gasteiger partial charge in [-0.15, -0.1) is 0 Å². The molecular formula is C15H16N4O2. The number of pyridine rings is 1. The fourth-order valence-corrected chi connectivity index (χ4v) is 1.87. The van der Waals surface area contributed by atoms with Gasteiger partial charge in [0.05, 0.1) is 6.04 Å². The van der Waals surface area contributed by atoms with Crippen LogP contribution in [0.25, 0.3) is 0 Å². The van der Waals surface area contributed by atoms with E-state index in [1.54, 1.807) is 36.7 Å². The van der Waals surface area contributed by atoms with E-state index in [2.05, 4.69) is 15.5 Å². The molecule has 0 saturated carbocycles. The summed E-state index contributed by atoms with van der Waals surface area (Å²) in [5.74, 6) is -0.274. The van der Waals surface area contributed by atoms with Crippen molar-refractivity contribution in [2.45, 2.75) is 13.0 Å². The van der Waals surface area contributed by atoms with Gasteiger partial charge in [0.15, 0.2) is 5.84 Å². The second kappa shape index (κ2) is 6.51. The molecule has 4 N–H and O–H groups in total. The molecule has 0 bridgehead atoms. The second-order valence-corrected chi connectivity index (χ2v) is 4.55. The summed E-state index contributed by atoms with van der Waals surface area (Å²) in [5.41, 5.74) is 7.36. The first-order valence-corrected chi connectivity index (χ1v) is 6.40. The molecular weight excluding hydrogens is 268 g/mol. The van der Waals surface area contributed by atoms with E-state index in [4.69, 9.17) is 10.9 Å². The van der Waals surface area contributed by atoms with E-state index in [0.717, 1.165) is 5.56 Å². The summed E-state index contributed by atoms with van der Waals surface area (Å²) in [6, 6.07) is 10.1. The molecule has 108 valence electrons. The molecule has 1 unspecified atom stereocenters. The van der Waals surface area contributed by atoms with Crippen LogP contribution in [0.15, 0.2) is 53.9 Å². The number of rotatable bonds is 4. The molecule has 2 aromatic rings. The van der Waals surface area contributed by atoms with Gasteiger partial charge in [0.25, 0.3) is 5.91 Å². The summed E-state index contributed by atoms with van der Waals surface area (Å²) in [6.45, 7) is 1.88. The number of nitrogens with one attached hydrogen (secondary N) is 1. The Balaban J connectivity index is 2.14. The molecule has 1 amide bonds. The predicted octanol–water partition coefficient (Wildman–Crippen LogP) is 1.67. The summed E-state index contributed by atoms with van der Waals surface area (Å²) < 4.78 is 0. The van der Waals surface area contributed by atoms with Gasteiger partial charge in [-0.05, 0) is 30.7 Å². The van der Waals surface area contributed by atoms with Crippen LogP contribution in [0.4, 0.5) is 0 Å². The number of nitrogens with two attached hydrogens (primary N) is 1. The van der Waals surface area contributed by atoms with E-state index in [1.807, 2.05) is 19.1 Å². The van der Waals surface area contributed by atoms with Crippen LogP contribution in [0.2, 0.25) is 0 Å². The molecule has 0 aliphatic carbocycles. The largest absolute Gasteiger partial charge is 0.409 e. The lowest BCUT2D eigenvalue weighted by Gasteiger charge is -2.14. The molecule has 1 atom stereocenters. The first-order valence-electron chi connectivity index (χ1n) is 6.40. The Morgan fingerprint density at radius 1 is 1.33 bits per heavy atom. The Kier molecular flexibility index (Phi) is 4.50. The van der Waals surface area contributed by atoms with Crippen molar-refractivity contribution in [1.29, 1.82) is 0 Å². The van der Waals surface area contributed by atoms with Crippen molar-refractivity contribution < 1.29 is 10.0 Å². The third kappa shape index (κ3) is 3.56. The van der Waals surface area contributed by atoms with Gasteiger partial charge in [-0.1, -0.05) is 23.4 Å². The van der Waals surface area contributed by atoms with Gasteiger partial charge in [0.2, 0.25) is 0 Å². The molecule has 1 aromatic carbocycles. The summed E-state index contributed by atoms with van der Waals surface area (Å²) in [7, 11) is 0. The van der Waals surface area contributed by atoms with Crippen molar-refractivity contribution in [1.82, 2.24) is 10.3 Å². The highest BCUT2D eigenvalue weighted by Crippen LogP contribution is 2.12. The zero-order valence-corrected chi connectivity index (χ0v) is 11.5. The first-order chi connectivity index (χ1) is 10.1. The molecule has 0 fully saturated rings. The van der Waals surface area contributed by atoms with Gasteiger partial charge in [-0.3, -0.25) is 9.78 Å². The van der Waals surface area contributed by atoms with Gasteiger partial charge in [0.1, 0.15) is 0 Å². The maximum Gasteiger partial charge on any atom is 0.251 e. The fourth-order valence-electron chi connectivity index (χ4n) is 1.87. The Bertz CT molecular complexity index is 656. The molecule has 6 nitrogen and oxygen atoms in total. The number of benzene rings is 1. The number of amides is 1. The van der Waals surface area contributed by atoms with Crippen LogP contribution in [0.3, 0.4) is 0 Å². The summed E-state index contributed by atoms with van der Waals surface area (Å²) in [6.07, 6.45) is 3.39. The zero-order valence-electron chi connectivity index (χ0n) is 11.5. The quantitative estimate of drug-likeness (QED) is 0.344. The number of nitrogens with zero attached hydrogens (tertiary/aromatic N) is 2. The minimum atomic E-state index is -0.237. The number of hydrogen-bond acceptors (Lipinski definition) is 4. The Labute approximate surface area is 122 Å². The molecule has 2 rings (SSSR count). The molecule has 1 heterocycles. The standard InChI is InChI=1S/C15H16N4O2/c1-10(13-6-3-7-17-9-13)18-15(20)12-5-2-4-11(8-12)14(16)19-21/h2-10,21H,1H3,(H2,16,19)(H,18,20). The number of amidine groups is 1. The number of hydrogen-bond donors (Lipinski definition) is 3. The van der Waals surface area contributed by atoms with Crippen molar-refractivity contribution in [2.24, 2.45) is 10.9 Å². The topological polar surface area (TPSA) is 101 Å². The van der Waals surface area contributed by atoms with Crippen molar-refractivity contribution in [3.8, 4) is 0 Å². The lowest BCUT2D eigenvalue weighted by Crippen LogP contribution is -2.27. The Morgan fingerprint density at radius 2 is 2.10 bits per heavy atom. The lowest BCUT2D eigenvalue weighted by atomic mass is 10.1. The molecule has 1 aromatic heterocycles. The van der Waals surface area contributed by atoms with Crippen molar-refractivity contribution in [2.75, 3.05) is 0 Å². The predicted molar refractivity (Wildman–Crippen MR) is 79.1 cm³/mol. The summed E-state index contributed by atoms with van der Waals surface area (Å²) in [5, 5.41) is 14.5. The van der Waals surface area contributed by atoms with Crippen LogP contribution in [-0.4, -0.2) is 21.9 Å². The fraction of sp³-hybridized carbons (Fsp3) is 0.133. The lowest BCUT2D eigenvalue weighted by molar-refractivity contribution is 0.0940. The molecule has 21 heavy (non-hydrogen) atoms. The highest BCUT2D eigenvalue weighted by molar-refractivity contribution is 6.01. The summed E-state index contributed by atoms with van der Waals surface area (Å²) in [4.78, 5) is 16.2. The van der Waals surface area contributed by atoms with Gasteiger partial charge in [-0.25, -0.2) is 0 Å². The maximum absolute atomic E-state index is 12.2. The highest BCUT2D eigenvalue weighted by atomic mass is 16.4. The van der Waals surface area contributed by atoms with Crippen LogP contribution in [0, 0.1) is 0 Å². The second-order valence-electron chi connectivity index (χ2n) is 4.55. The van der Waals surface area contributed by atoms with Crippen LogP contribution < -0.4 is 11.1 Å². The van der Waals surface area contributed by atoms with E-state index >= 15 is 0 Å². The van der Waals surface area contributed by atoms with Gasteiger partial charge in [-0.2, -0.15) is 0 Å². The average molecular weight is 284 g/mol. The number of carbonyl (C=O) groups is 1. The molecule has 0 aliphatic rings. The third-order valence-corrected chi connectivity index (χ3v) is 3.06. The maximum atomic E-state index is 12.2. The minimum Gasteiger partial charge on any atom is -0.409 e. The van der Waals surface area contributed by atoms with Gasteiger partial charge in [0, 0.05) is 23.5 Å². The molecule has 0 spiro atoms. The zero-order chi connectivity index (χ0) is 15.2. The monoisotopic (exact) mass is 284 g/mol. The van der Waals surface area contributed by atoms with E-state index in [-0.39, 0.29) is 17.8 Å². The number of aromatic nitrogens is 1. The molecule has 0 radical (unpaired) electrons. The van der Waals surface area contributed by atoms with Gasteiger partial charge < -0.3 is 16.3 Å². The average Bonchev–Trinajstić information content (AvgIpc) is 2.55. The number of carbonyl (C=O) groups excluding carboxylic acids is 1. The van der Waals surface area contributed by atoms with Crippen molar-refractivity contribution >= 4 is 11.7 Å². The molecule has 0 aliphatic heterocycles. The normalized spacial score (nSPS) is 12.7. The first kappa shape index (κ1) is 14.5. The van der Waals surface area contributed by atoms with E-state index in [0.29, 0.717) is 11.1 Å². The van der Waals surface area contributed by atoms with Crippen LogP contribution in [0.5, 0.6) is 0 Å². The van der Waals surface area contributed by atoms with Crippen LogP contribution in [-0.2, 0) is 0 Å². The molecule has 0 saturated heterocycles. The summed E-state index contributed by atoms with van der Waals surface area (Å²) >= 11 is 0. The SMILES string of the molecule is CC(NC(=O)c1cccc(/C(N)=N/O)c1)c1cccnc1. The third-order valence-electron chi connectivity index (χ3n) is 3.06. The van der Waals surface area contributed by atoms with E-state index < -0.39 is 0 Å². The van der Waals surface area contributed by atoms with Crippen LogP contribution >= 0.6 is 0 Å². The smallest absolute Gasteiger partial charge is 0.251 e. The highest BCUT2D eigenvalue weighted by Gasteiger charge is 2.12.